The zero-order valence-electron chi connectivity index (χ0n) is 14.9. The summed E-state index contributed by atoms with van der Waals surface area (Å²) in [4.78, 5) is 33.0. The Bertz CT molecular complexity index is 1400. The van der Waals surface area contributed by atoms with Crippen LogP contribution >= 0.6 is 11.3 Å². The van der Waals surface area contributed by atoms with Crippen LogP contribution < -0.4 is 11.2 Å². The molecule has 28 heavy (non-hydrogen) atoms. The highest BCUT2D eigenvalue weighted by Crippen LogP contribution is 2.28. The number of imidazole rings is 1. The number of hydrogen-bond acceptors (Lipinski definition) is 7. The molecule has 0 unspecified atom stereocenters. The van der Waals surface area contributed by atoms with E-state index in [1.807, 2.05) is 30.3 Å². The molecular formula is C18H14N6O3S. The van der Waals surface area contributed by atoms with E-state index in [1.54, 1.807) is 0 Å². The predicted octanol–water partition coefficient (Wildman–Crippen LogP) is 1.54. The summed E-state index contributed by atoms with van der Waals surface area (Å²) in [5.41, 5.74) is 0.124. The average Bonchev–Trinajstić information content (AvgIpc) is 3.29. The van der Waals surface area contributed by atoms with Crippen LogP contribution in [0.25, 0.3) is 27.0 Å². The van der Waals surface area contributed by atoms with Gasteiger partial charge in [-0.3, -0.25) is 13.9 Å². The van der Waals surface area contributed by atoms with Crippen molar-refractivity contribution in [1.82, 2.24) is 23.7 Å². The number of nitrogens with zero attached hydrogens (tertiary/aromatic N) is 6. The number of aryl methyl sites for hydroxylation is 1. The fraction of sp³-hybridized carbons (Fsp3) is 0.167. The summed E-state index contributed by atoms with van der Waals surface area (Å²) >= 11 is 1.30. The number of aliphatic hydroxyl groups is 1. The van der Waals surface area contributed by atoms with Gasteiger partial charge < -0.3 is 9.67 Å². The van der Waals surface area contributed by atoms with Crippen molar-refractivity contribution >= 4 is 38.3 Å². The second kappa shape index (κ2) is 6.47. The van der Waals surface area contributed by atoms with Crippen LogP contribution in [0, 0.1) is 11.3 Å². The number of benzene rings is 1. The van der Waals surface area contributed by atoms with E-state index < -0.39 is 11.2 Å². The van der Waals surface area contributed by atoms with E-state index in [9.17, 15) is 20.0 Å². The van der Waals surface area contributed by atoms with Crippen molar-refractivity contribution in [3.8, 4) is 6.07 Å². The molecule has 0 spiro atoms. The molecule has 0 atom stereocenters. The van der Waals surface area contributed by atoms with Crippen LogP contribution in [0.15, 0.2) is 45.9 Å². The normalized spacial score (nSPS) is 12.3. The lowest BCUT2D eigenvalue weighted by Gasteiger charge is -2.07. The van der Waals surface area contributed by atoms with E-state index >= 15 is 0 Å². The predicted molar refractivity (Wildman–Crippen MR) is 105 cm³/mol. The maximum atomic E-state index is 12.5. The molecule has 0 radical (unpaired) electrons. The maximum absolute atomic E-state index is 12.5. The highest BCUT2D eigenvalue weighted by atomic mass is 32.1. The quantitative estimate of drug-likeness (QED) is 0.416. The van der Waals surface area contributed by atoms with E-state index in [1.165, 1.54) is 40.9 Å². The highest BCUT2D eigenvalue weighted by molar-refractivity contribution is 7.19. The van der Waals surface area contributed by atoms with Crippen LogP contribution in [-0.4, -0.2) is 28.8 Å². The number of nitriles is 1. The van der Waals surface area contributed by atoms with E-state index in [4.69, 9.17) is 0 Å². The van der Waals surface area contributed by atoms with E-state index in [-0.39, 0.29) is 29.0 Å². The number of aromatic nitrogens is 5. The first-order chi connectivity index (χ1) is 13.4. The Labute approximate surface area is 161 Å². The molecule has 0 fully saturated rings. The molecule has 0 saturated carbocycles. The lowest BCUT2D eigenvalue weighted by molar-refractivity contribution is 0.381. The Morgan fingerprint density at radius 2 is 2.00 bits per heavy atom. The Morgan fingerprint density at radius 3 is 2.71 bits per heavy atom. The van der Waals surface area contributed by atoms with Crippen molar-refractivity contribution in [1.29, 1.82) is 5.26 Å². The fourth-order valence-electron chi connectivity index (χ4n) is 2.97. The zero-order chi connectivity index (χ0) is 20.0. The van der Waals surface area contributed by atoms with Gasteiger partial charge in [-0.1, -0.05) is 12.1 Å². The Morgan fingerprint density at radius 1 is 1.25 bits per heavy atom. The van der Waals surface area contributed by atoms with E-state index in [0.717, 1.165) is 14.8 Å². The summed E-state index contributed by atoms with van der Waals surface area (Å²) in [7, 11) is 2.89. The van der Waals surface area contributed by atoms with Gasteiger partial charge in [-0.15, -0.1) is 11.3 Å². The van der Waals surface area contributed by atoms with Gasteiger partial charge in [0.2, 0.25) is 0 Å². The monoisotopic (exact) mass is 394 g/mol. The van der Waals surface area contributed by atoms with Gasteiger partial charge in [-0.25, -0.2) is 14.8 Å². The molecule has 3 heterocycles. The van der Waals surface area contributed by atoms with Crippen molar-refractivity contribution in [2.75, 3.05) is 0 Å². The SMILES string of the molecule is Cn1c(=O)c2c(ncn2C/C(O)=C(\C#N)c2nc3ccccc3s2)n(C)c1=O. The number of allylic oxidation sites excluding steroid dienone is 2. The lowest BCUT2D eigenvalue weighted by atomic mass is 10.2. The average molecular weight is 394 g/mol. The Kier molecular flexibility index (Phi) is 4.09. The van der Waals surface area contributed by atoms with Gasteiger partial charge in [-0.05, 0) is 12.1 Å². The van der Waals surface area contributed by atoms with Crippen molar-refractivity contribution in [2.45, 2.75) is 6.54 Å². The molecule has 4 rings (SSSR count). The number of hydrogen-bond donors (Lipinski definition) is 1. The van der Waals surface area contributed by atoms with Crippen LogP contribution in [0.3, 0.4) is 0 Å². The van der Waals surface area contributed by atoms with Crippen LogP contribution in [0.2, 0.25) is 0 Å². The highest BCUT2D eigenvalue weighted by Gasteiger charge is 2.18. The molecule has 1 aromatic carbocycles. The number of thiazole rings is 1. The van der Waals surface area contributed by atoms with Crippen LogP contribution in [0.5, 0.6) is 0 Å². The summed E-state index contributed by atoms with van der Waals surface area (Å²) < 4.78 is 4.54. The first kappa shape index (κ1) is 17.7. The minimum absolute atomic E-state index is 0.0321. The molecule has 1 N–H and O–H groups in total. The molecular weight excluding hydrogens is 380 g/mol. The van der Waals surface area contributed by atoms with E-state index in [2.05, 4.69) is 9.97 Å². The molecule has 0 aliphatic carbocycles. The Balaban J connectivity index is 1.85. The van der Waals surface area contributed by atoms with Crippen LogP contribution in [0.1, 0.15) is 5.01 Å². The van der Waals surface area contributed by atoms with Crippen molar-refractivity contribution in [3.05, 3.63) is 62.2 Å². The van der Waals surface area contributed by atoms with Crippen LogP contribution in [-0.2, 0) is 20.6 Å². The molecule has 0 amide bonds. The minimum atomic E-state index is -0.526. The molecule has 4 aromatic rings. The molecule has 0 aliphatic rings. The number of aliphatic hydroxyl groups excluding tert-OH is 1. The van der Waals surface area contributed by atoms with Gasteiger partial charge in [0, 0.05) is 14.1 Å². The van der Waals surface area contributed by atoms with Gasteiger partial charge in [-0.2, -0.15) is 5.26 Å². The molecule has 0 aliphatic heterocycles. The van der Waals surface area contributed by atoms with E-state index in [0.29, 0.717) is 5.01 Å². The van der Waals surface area contributed by atoms with Gasteiger partial charge in [0.25, 0.3) is 5.56 Å². The second-order valence-corrected chi connectivity index (χ2v) is 7.20. The minimum Gasteiger partial charge on any atom is -0.509 e. The van der Waals surface area contributed by atoms with Crippen LogP contribution in [0.4, 0.5) is 0 Å². The third kappa shape index (κ3) is 2.60. The van der Waals surface area contributed by atoms with Gasteiger partial charge in [0.1, 0.15) is 22.4 Å². The number of rotatable bonds is 3. The zero-order valence-corrected chi connectivity index (χ0v) is 15.8. The lowest BCUT2D eigenvalue weighted by Crippen LogP contribution is -2.37. The summed E-state index contributed by atoms with van der Waals surface area (Å²) in [6, 6.07) is 9.42. The van der Waals surface area contributed by atoms with Crippen molar-refractivity contribution in [3.63, 3.8) is 0 Å². The molecule has 10 heteroatoms. The maximum Gasteiger partial charge on any atom is 0.332 e. The Hall–Kier alpha value is -3.71. The molecule has 9 nitrogen and oxygen atoms in total. The molecule has 0 bridgehead atoms. The summed E-state index contributed by atoms with van der Waals surface area (Å²) in [5, 5.41) is 20.6. The molecule has 0 saturated heterocycles. The summed E-state index contributed by atoms with van der Waals surface area (Å²) in [6.45, 7) is -0.150. The van der Waals surface area contributed by atoms with Gasteiger partial charge >= 0.3 is 5.69 Å². The largest absolute Gasteiger partial charge is 0.509 e. The van der Waals surface area contributed by atoms with Gasteiger partial charge in [0.05, 0.1) is 23.1 Å². The van der Waals surface area contributed by atoms with Crippen molar-refractivity contribution < 1.29 is 5.11 Å². The molecule has 3 aromatic heterocycles. The summed E-state index contributed by atoms with van der Waals surface area (Å²) in [6.07, 6.45) is 1.36. The summed E-state index contributed by atoms with van der Waals surface area (Å²) in [5.74, 6) is -0.239. The fourth-order valence-corrected chi connectivity index (χ4v) is 3.95. The first-order valence-electron chi connectivity index (χ1n) is 8.21. The smallest absolute Gasteiger partial charge is 0.332 e. The topological polar surface area (TPSA) is 119 Å². The second-order valence-electron chi connectivity index (χ2n) is 6.17. The molecule has 140 valence electrons. The van der Waals surface area contributed by atoms with Crippen molar-refractivity contribution in [2.24, 2.45) is 14.1 Å². The third-order valence-electron chi connectivity index (χ3n) is 4.45. The van der Waals surface area contributed by atoms with Gasteiger partial charge in [0.15, 0.2) is 11.2 Å². The number of para-hydroxylation sites is 1. The number of fused-ring (bicyclic) bond motifs is 2. The third-order valence-corrected chi connectivity index (χ3v) is 5.50. The standard InChI is InChI=1S/C18H14N6O3S/c1-22-15-14(17(26)23(2)18(22)27)24(9-20-15)8-12(25)10(7-19)16-21-11-5-3-4-6-13(11)28-16/h3-6,9,25H,8H2,1-2H3/b12-10-. The first-order valence-corrected chi connectivity index (χ1v) is 9.03.